The Kier molecular flexibility index (Phi) is 4.41. The molecule has 0 radical (unpaired) electrons. The lowest BCUT2D eigenvalue weighted by molar-refractivity contribution is -0.140. The topological polar surface area (TPSA) is 52.7 Å². The second kappa shape index (κ2) is 6.60. The van der Waals surface area contributed by atoms with Gasteiger partial charge in [0.1, 0.15) is 6.54 Å². The lowest BCUT2D eigenvalue weighted by Gasteiger charge is -2.49. The Balaban J connectivity index is 1.55. The van der Waals surface area contributed by atoms with Crippen molar-refractivity contribution in [1.82, 2.24) is 15.1 Å². The summed E-state index contributed by atoms with van der Waals surface area (Å²) in [5.74, 6) is 0.0580. The van der Waals surface area contributed by atoms with E-state index < -0.39 is 0 Å². The second-order valence-electron chi connectivity index (χ2n) is 8.67. The van der Waals surface area contributed by atoms with Gasteiger partial charge in [0, 0.05) is 24.5 Å². The molecular weight excluding hydrogens is 326 g/mol. The van der Waals surface area contributed by atoms with Gasteiger partial charge in [0.2, 0.25) is 5.91 Å². The smallest absolute Gasteiger partial charge is 0.318 e. The number of piperazine rings is 1. The van der Waals surface area contributed by atoms with Crippen molar-refractivity contribution in [3.05, 3.63) is 35.4 Å². The standard InChI is InChI=1S/C21H29N3O2/c1-21(2)14-24-18(16-10-6-7-11-17(16)21)12-23(13-19(24)25)20(26)22-15-8-4-3-5-9-15/h6-7,10-11,15,18H,3-5,8-9,12-14H2,1-2H3,(H,22,26). The Bertz CT molecular complexity index is 709. The van der Waals surface area contributed by atoms with Crippen molar-refractivity contribution in [2.45, 2.75) is 63.5 Å². The number of carbonyl (C=O) groups is 2. The number of nitrogens with zero attached hydrogens (tertiary/aromatic N) is 2. The van der Waals surface area contributed by atoms with E-state index in [-0.39, 0.29) is 36.0 Å². The zero-order chi connectivity index (χ0) is 18.3. The average Bonchev–Trinajstić information content (AvgIpc) is 2.63. The third-order valence-electron chi connectivity index (χ3n) is 6.25. The molecule has 0 aromatic heterocycles. The minimum atomic E-state index is -0.0767. The van der Waals surface area contributed by atoms with Crippen LogP contribution in [0.15, 0.2) is 24.3 Å². The molecule has 3 aliphatic rings. The van der Waals surface area contributed by atoms with Crippen LogP contribution in [-0.4, -0.2) is 47.4 Å². The highest BCUT2D eigenvalue weighted by molar-refractivity contribution is 5.86. The minimum absolute atomic E-state index is 0.0300. The van der Waals surface area contributed by atoms with Crippen molar-refractivity contribution in [1.29, 1.82) is 0 Å². The summed E-state index contributed by atoms with van der Waals surface area (Å²) in [6, 6.07) is 8.53. The molecule has 1 aliphatic carbocycles. The molecule has 1 aromatic carbocycles. The van der Waals surface area contributed by atoms with Gasteiger partial charge in [-0.2, -0.15) is 0 Å². The maximum absolute atomic E-state index is 12.8. The van der Waals surface area contributed by atoms with Gasteiger partial charge in [-0.1, -0.05) is 57.4 Å². The fourth-order valence-corrected chi connectivity index (χ4v) is 4.85. The van der Waals surface area contributed by atoms with E-state index in [0.29, 0.717) is 13.1 Å². The van der Waals surface area contributed by atoms with Crippen LogP contribution in [-0.2, 0) is 10.2 Å². The van der Waals surface area contributed by atoms with Crippen molar-refractivity contribution in [2.75, 3.05) is 19.6 Å². The third-order valence-corrected chi connectivity index (χ3v) is 6.25. The van der Waals surface area contributed by atoms with Gasteiger partial charge in [0.15, 0.2) is 0 Å². The van der Waals surface area contributed by atoms with Crippen LogP contribution in [0.5, 0.6) is 0 Å². The molecule has 2 heterocycles. The summed E-state index contributed by atoms with van der Waals surface area (Å²) in [7, 11) is 0. The van der Waals surface area contributed by atoms with Gasteiger partial charge in [-0.25, -0.2) is 4.79 Å². The molecule has 140 valence electrons. The monoisotopic (exact) mass is 355 g/mol. The van der Waals surface area contributed by atoms with Gasteiger partial charge in [-0.3, -0.25) is 4.79 Å². The molecule has 5 nitrogen and oxygen atoms in total. The Morgan fingerprint density at radius 3 is 2.65 bits per heavy atom. The van der Waals surface area contributed by atoms with Crippen molar-refractivity contribution in [3.8, 4) is 0 Å². The summed E-state index contributed by atoms with van der Waals surface area (Å²) >= 11 is 0. The van der Waals surface area contributed by atoms with Crippen LogP contribution >= 0.6 is 0 Å². The Labute approximate surface area is 155 Å². The number of nitrogens with one attached hydrogen (secondary N) is 1. The van der Waals surface area contributed by atoms with E-state index >= 15 is 0 Å². The predicted molar refractivity (Wildman–Crippen MR) is 101 cm³/mol. The molecule has 26 heavy (non-hydrogen) atoms. The van der Waals surface area contributed by atoms with Gasteiger partial charge in [0.05, 0.1) is 6.04 Å². The first-order chi connectivity index (χ1) is 12.5. The molecular formula is C21H29N3O2. The second-order valence-corrected chi connectivity index (χ2v) is 8.67. The maximum Gasteiger partial charge on any atom is 0.318 e. The molecule has 1 unspecified atom stereocenters. The summed E-state index contributed by atoms with van der Waals surface area (Å²) in [5.41, 5.74) is 2.42. The largest absolute Gasteiger partial charge is 0.335 e. The number of urea groups is 1. The quantitative estimate of drug-likeness (QED) is 0.841. The zero-order valence-electron chi connectivity index (χ0n) is 15.8. The van der Waals surface area contributed by atoms with E-state index in [1.807, 2.05) is 11.0 Å². The number of rotatable bonds is 1. The Morgan fingerprint density at radius 2 is 1.88 bits per heavy atom. The SMILES string of the molecule is CC1(C)CN2C(=O)CN(C(=O)NC3CCCCC3)CC2c2ccccc21. The van der Waals surface area contributed by atoms with Crippen LogP contribution in [0.25, 0.3) is 0 Å². The number of fused-ring (bicyclic) bond motifs is 3. The highest BCUT2D eigenvalue weighted by Crippen LogP contribution is 2.41. The van der Waals surface area contributed by atoms with E-state index in [9.17, 15) is 9.59 Å². The molecule has 1 N–H and O–H groups in total. The Morgan fingerprint density at radius 1 is 1.15 bits per heavy atom. The number of hydrogen-bond acceptors (Lipinski definition) is 2. The van der Waals surface area contributed by atoms with Crippen LogP contribution in [0.4, 0.5) is 4.79 Å². The first-order valence-electron chi connectivity index (χ1n) is 9.90. The molecule has 2 fully saturated rings. The van der Waals surface area contributed by atoms with Gasteiger partial charge in [0.25, 0.3) is 0 Å². The molecule has 1 saturated carbocycles. The van der Waals surface area contributed by atoms with Crippen LogP contribution in [0.1, 0.15) is 63.1 Å². The molecule has 1 aromatic rings. The normalized spacial score (nSPS) is 25.5. The molecule has 5 heteroatoms. The van der Waals surface area contributed by atoms with Crippen molar-refractivity contribution >= 4 is 11.9 Å². The van der Waals surface area contributed by atoms with Gasteiger partial charge >= 0.3 is 6.03 Å². The Hall–Kier alpha value is -2.04. The van der Waals surface area contributed by atoms with Gasteiger partial charge in [-0.05, 0) is 24.0 Å². The molecule has 4 rings (SSSR count). The number of hydrogen-bond donors (Lipinski definition) is 1. The summed E-state index contributed by atoms with van der Waals surface area (Å²) in [5, 5.41) is 3.16. The van der Waals surface area contributed by atoms with Crippen LogP contribution in [0.2, 0.25) is 0 Å². The van der Waals surface area contributed by atoms with Crippen LogP contribution < -0.4 is 5.32 Å². The summed E-state index contributed by atoms with van der Waals surface area (Å²) in [4.78, 5) is 29.3. The third kappa shape index (κ3) is 3.08. The molecule has 3 amide bonds. The summed E-state index contributed by atoms with van der Waals surface area (Å²) < 4.78 is 0. The van der Waals surface area contributed by atoms with E-state index in [0.717, 1.165) is 12.8 Å². The van der Waals surface area contributed by atoms with E-state index in [1.54, 1.807) is 4.90 Å². The highest BCUT2D eigenvalue weighted by atomic mass is 16.2. The average molecular weight is 355 g/mol. The summed E-state index contributed by atoms with van der Waals surface area (Å²) in [6.07, 6.45) is 5.74. The lowest BCUT2D eigenvalue weighted by Crippen LogP contribution is -2.60. The molecule has 1 saturated heterocycles. The van der Waals surface area contributed by atoms with Crippen molar-refractivity contribution in [2.24, 2.45) is 0 Å². The number of benzene rings is 1. The first-order valence-corrected chi connectivity index (χ1v) is 9.90. The van der Waals surface area contributed by atoms with E-state index in [1.165, 1.54) is 30.4 Å². The number of carbonyl (C=O) groups excluding carboxylic acids is 2. The minimum Gasteiger partial charge on any atom is -0.335 e. The van der Waals surface area contributed by atoms with Crippen molar-refractivity contribution in [3.63, 3.8) is 0 Å². The van der Waals surface area contributed by atoms with Crippen molar-refractivity contribution < 1.29 is 9.59 Å². The number of amides is 3. The maximum atomic E-state index is 12.8. The lowest BCUT2D eigenvalue weighted by atomic mass is 9.75. The van der Waals surface area contributed by atoms with Gasteiger partial charge in [-0.15, -0.1) is 0 Å². The molecule has 2 aliphatic heterocycles. The predicted octanol–water partition coefficient (Wildman–Crippen LogP) is 3.21. The zero-order valence-corrected chi connectivity index (χ0v) is 15.8. The highest BCUT2D eigenvalue weighted by Gasteiger charge is 2.44. The summed E-state index contributed by atoms with van der Waals surface area (Å²) in [6.45, 7) is 5.87. The van der Waals surface area contributed by atoms with E-state index in [2.05, 4.69) is 37.4 Å². The van der Waals surface area contributed by atoms with Crippen LogP contribution in [0.3, 0.4) is 0 Å². The molecule has 0 bridgehead atoms. The fraction of sp³-hybridized carbons (Fsp3) is 0.619. The van der Waals surface area contributed by atoms with Gasteiger partial charge < -0.3 is 15.1 Å². The van der Waals surface area contributed by atoms with Crippen LogP contribution in [0, 0.1) is 0 Å². The first kappa shape index (κ1) is 17.4. The molecule has 0 spiro atoms. The molecule has 1 atom stereocenters. The fourth-order valence-electron chi connectivity index (χ4n) is 4.85. The van der Waals surface area contributed by atoms with E-state index in [4.69, 9.17) is 0 Å².